The van der Waals surface area contributed by atoms with Gasteiger partial charge in [0.05, 0.1) is 17.1 Å². The Bertz CT molecular complexity index is 626. The Hall–Kier alpha value is -2.63. The van der Waals surface area contributed by atoms with Gasteiger partial charge >= 0.3 is 0 Å². The fourth-order valence-corrected chi connectivity index (χ4v) is 1.81. The van der Waals surface area contributed by atoms with Crippen LogP contribution in [0.25, 0.3) is 0 Å². The molecule has 0 aliphatic carbocycles. The minimum atomic E-state index is -0.418. The molecule has 2 aromatic rings. The number of nitro groups is 1. The smallest absolute Gasteiger partial charge is 0.276 e. The van der Waals surface area contributed by atoms with Crippen molar-refractivity contribution >= 4 is 23.0 Å². The molecule has 6 nitrogen and oxygen atoms in total. The second-order valence-electron chi connectivity index (χ2n) is 4.77. The van der Waals surface area contributed by atoms with E-state index in [9.17, 15) is 10.1 Å². The van der Waals surface area contributed by atoms with Gasteiger partial charge < -0.3 is 10.6 Å². The van der Waals surface area contributed by atoms with Crippen LogP contribution in [0.2, 0.25) is 0 Å². The lowest BCUT2D eigenvalue weighted by molar-refractivity contribution is -0.384. The van der Waals surface area contributed by atoms with Crippen LogP contribution in [0.5, 0.6) is 0 Å². The molecule has 0 fully saturated rings. The molecule has 2 rings (SSSR count). The summed E-state index contributed by atoms with van der Waals surface area (Å²) in [7, 11) is 0. The van der Waals surface area contributed by atoms with Crippen molar-refractivity contribution in [1.29, 1.82) is 0 Å². The summed E-state index contributed by atoms with van der Waals surface area (Å²) < 4.78 is 0. The zero-order valence-corrected chi connectivity index (χ0v) is 12.1. The molecule has 0 atom stereocenters. The number of aromatic nitrogens is 1. The van der Waals surface area contributed by atoms with E-state index in [0.717, 1.165) is 24.2 Å². The lowest BCUT2D eigenvalue weighted by Gasteiger charge is -2.09. The maximum Gasteiger partial charge on any atom is 0.276 e. The molecular formula is C15H18N4O2. The second kappa shape index (κ2) is 6.69. The molecule has 2 N–H and O–H groups in total. The van der Waals surface area contributed by atoms with Crippen LogP contribution in [0.3, 0.4) is 0 Å². The van der Waals surface area contributed by atoms with Crippen LogP contribution in [0.4, 0.5) is 23.0 Å². The summed E-state index contributed by atoms with van der Waals surface area (Å²) in [6.07, 6.45) is 0.922. The Morgan fingerprint density at radius 2 is 1.86 bits per heavy atom. The van der Waals surface area contributed by atoms with Gasteiger partial charge in [0.25, 0.3) is 5.69 Å². The van der Waals surface area contributed by atoms with E-state index in [4.69, 9.17) is 0 Å². The third-order valence-corrected chi connectivity index (χ3v) is 2.90. The van der Waals surface area contributed by atoms with E-state index < -0.39 is 4.92 Å². The van der Waals surface area contributed by atoms with Crippen molar-refractivity contribution in [2.45, 2.75) is 20.3 Å². The summed E-state index contributed by atoms with van der Waals surface area (Å²) in [5, 5.41) is 17.2. The van der Waals surface area contributed by atoms with Crippen LogP contribution >= 0.6 is 0 Å². The van der Waals surface area contributed by atoms with E-state index in [2.05, 4.69) is 15.6 Å². The third-order valence-electron chi connectivity index (χ3n) is 2.90. The largest absolute Gasteiger partial charge is 0.370 e. The average Bonchev–Trinajstić information content (AvgIpc) is 2.47. The molecule has 110 valence electrons. The minimum Gasteiger partial charge on any atom is -0.370 e. The number of aryl methyl sites for hydroxylation is 1. The number of hydrogen-bond donors (Lipinski definition) is 2. The van der Waals surface area contributed by atoms with Crippen LogP contribution in [0.1, 0.15) is 18.9 Å². The van der Waals surface area contributed by atoms with Gasteiger partial charge in [0.2, 0.25) is 0 Å². The Labute approximate surface area is 123 Å². The fraction of sp³-hybridized carbons (Fsp3) is 0.267. The first-order valence-electron chi connectivity index (χ1n) is 6.82. The molecule has 0 amide bonds. The summed E-state index contributed by atoms with van der Waals surface area (Å²) in [5.74, 6) is 0.951. The number of anilines is 3. The highest BCUT2D eigenvalue weighted by Crippen LogP contribution is 2.23. The molecule has 21 heavy (non-hydrogen) atoms. The van der Waals surface area contributed by atoms with Crippen molar-refractivity contribution in [2.75, 3.05) is 17.2 Å². The highest BCUT2D eigenvalue weighted by Gasteiger charge is 2.11. The van der Waals surface area contributed by atoms with Crippen molar-refractivity contribution in [3.8, 4) is 0 Å². The van der Waals surface area contributed by atoms with E-state index in [1.165, 1.54) is 12.1 Å². The van der Waals surface area contributed by atoms with E-state index in [1.807, 2.05) is 38.1 Å². The van der Waals surface area contributed by atoms with Crippen LogP contribution < -0.4 is 10.6 Å². The van der Waals surface area contributed by atoms with E-state index in [-0.39, 0.29) is 5.69 Å². The predicted molar refractivity (Wildman–Crippen MR) is 84.1 cm³/mol. The van der Waals surface area contributed by atoms with Crippen LogP contribution in [0.15, 0.2) is 36.4 Å². The van der Waals surface area contributed by atoms with Gasteiger partial charge in [-0.25, -0.2) is 4.98 Å². The monoisotopic (exact) mass is 286 g/mol. The quantitative estimate of drug-likeness (QED) is 0.622. The molecule has 0 saturated carbocycles. The SMILES string of the molecule is CCCNc1cc([N+](=O)[O-])cc(Nc2ccc(C)cc2)n1. The highest BCUT2D eigenvalue weighted by molar-refractivity contribution is 5.62. The summed E-state index contributed by atoms with van der Waals surface area (Å²) in [6.45, 7) is 4.75. The Morgan fingerprint density at radius 3 is 2.48 bits per heavy atom. The first kappa shape index (κ1) is 14.8. The highest BCUT2D eigenvalue weighted by atomic mass is 16.6. The first-order chi connectivity index (χ1) is 10.1. The Balaban J connectivity index is 2.26. The summed E-state index contributed by atoms with van der Waals surface area (Å²) in [5.41, 5.74) is 2.01. The molecular weight excluding hydrogens is 268 g/mol. The molecule has 0 bridgehead atoms. The summed E-state index contributed by atoms with van der Waals surface area (Å²) >= 11 is 0. The van der Waals surface area contributed by atoms with Gasteiger partial charge in [-0.3, -0.25) is 10.1 Å². The number of benzene rings is 1. The zero-order chi connectivity index (χ0) is 15.2. The van der Waals surface area contributed by atoms with Gasteiger partial charge in [0.15, 0.2) is 0 Å². The van der Waals surface area contributed by atoms with Crippen molar-refractivity contribution in [3.63, 3.8) is 0 Å². The molecule has 1 heterocycles. The maximum atomic E-state index is 11.0. The predicted octanol–water partition coefficient (Wildman–Crippen LogP) is 3.86. The lowest BCUT2D eigenvalue weighted by atomic mass is 10.2. The van der Waals surface area contributed by atoms with Gasteiger partial charge in [-0.05, 0) is 25.5 Å². The molecule has 1 aromatic heterocycles. The zero-order valence-electron chi connectivity index (χ0n) is 12.1. The van der Waals surface area contributed by atoms with Crippen LogP contribution in [0, 0.1) is 17.0 Å². The Morgan fingerprint density at radius 1 is 1.19 bits per heavy atom. The maximum absolute atomic E-state index is 11.0. The number of pyridine rings is 1. The third kappa shape index (κ3) is 4.17. The molecule has 6 heteroatoms. The van der Waals surface area contributed by atoms with Crippen molar-refractivity contribution < 1.29 is 4.92 Å². The lowest BCUT2D eigenvalue weighted by Crippen LogP contribution is -2.05. The molecule has 0 spiro atoms. The van der Waals surface area contributed by atoms with Gasteiger partial charge in [0, 0.05) is 12.2 Å². The molecule has 0 radical (unpaired) electrons. The Kier molecular flexibility index (Phi) is 4.71. The standard InChI is InChI=1S/C15H18N4O2/c1-3-8-16-14-9-13(19(20)21)10-15(18-14)17-12-6-4-11(2)5-7-12/h4-7,9-10H,3,8H2,1-2H3,(H2,16,17,18). The van der Waals surface area contributed by atoms with E-state index in [0.29, 0.717) is 11.6 Å². The molecule has 0 unspecified atom stereocenters. The number of hydrogen-bond acceptors (Lipinski definition) is 5. The van der Waals surface area contributed by atoms with Crippen LogP contribution in [-0.4, -0.2) is 16.5 Å². The summed E-state index contributed by atoms with van der Waals surface area (Å²) in [6, 6.07) is 10.6. The number of nitrogens with zero attached hydrogens (tertiary/aromatic N) is 2. The normalized spacial score (nSPS) is 10.2. The number of nitrogens with one attached hydrogen (secondary N) is 2. The molecule has 0 aliphatic rings. The topological polar surface area (TPSA) is 80.1 Å². The van der Waals surface area contributed by atoms with Crippen molar-refractivity contribution in [2.24, 2.45) is 0 Å². The van der Waals surface area contributed by atoms with Gasteiger partial charge in [-0.1, -0.05) is 24.6 Å². The average molecular weight is 286 g/mol. The second-order valence-corrected chi connectivity index (χ2v) is 4.77. The van der Waals surface area contributed by atoms with E-state index in [1.54, 1.807) is 0 Å². The fourth-order valence-electron chi connectivity index (χ4n) is 1.81. The van der Waals surface area contributed by atoms with Crippen molar-refractivity contribution in [1.82, 2.24) is 4.98 Å². The van der Waals surface area contributed by atoms with E-state index >= 15 is 0 Å². The van der Waals surface area contributed by atoms with Crippen LogP contribution in [-0.2, 0) is 0 Å². The molecule has 0 saturated heterocycles. The first-order valence-corrected chi connectivity index (χ1v) is 6.82. The molecule has 1 aromatic carbocycles. The minimum absolute atomic E-state index is 0.0122. The van der Waals surface area contributed by atoms with Crippen molar-refractivity contribution in [3.05, 3.63) is 52.1 Å². The summed E-state index contributed by atoms with van der Waals surface area (Å²) in [4.78, 5) is 14.9. The molecule has 0 aliphatic heterocycles. The van der Waals surface area contributed by atoms with Gasteiger partial charge in [0.1, 0.15) is 11.6 Å². The number of rotatable bonds is 6. The van der Waals surface area contributed by atoms with Gasteiger partial charge in [-0.15, -0.1) is 0 Å². The van der Waals surface area contributed by atoms with Gasteiger partial charge in [-0.2, -0.15) is 0 Å².